The highest BCUT2D eigenvalue weighted by atomic mass is 32.2. The first-order chi connectivity index (χ1) is 18.8. The van der Waals surface area contributed by atoms with E-state index in [1.807, 2.05) is 0 Å². The van der Waals surface area contributed by atoms with Gasteiger partial charge < -0.3 is 10.4 Å². The second-order valence-electron chi connectivity index (χ2n) is 13.6. The maximum absolute atomic E-state index is 12.9. The van der Waals surface area contributed by atoms with Crippen molar-refractivity contribution in [2.24, 2.45) is 46.3 Å². The summed E-state index contributed by atoms with van der Waals surface area (Å²) in [5.41, 5.74) is -5.69. The van der Waals surface area contributed by atoms with Gasteiger partial charge in [0.2, 0.25) is 5.91 Å². The zero-order valence-electron chi connectivity index (χ0n) is 23.9. The molecule has 0 aliphatic heterocycles. The van der Waals surface area contributed by atoms with Crippen molar-refractivity contribution < 1.29 is 48.6 Å². The number of carbonyl (C=O) groups excluding carboxylic acids is 1. The van der Waals surface area contributed by atoms with Crippen LogP contribution in [-0.4, -0.2) is 62.4 Å². The van der Waals surface area contributed by atoms with E-state index in [9.17, 15) is 39.9 Å². The molecule has 4 rings (SSSR count). The number of nitrogens with one attached hydrogen (secondary N) is 1. The van der Waals surface area contributed by atoms with Crippen LogP contribution < -0.4 is 5.32 Å². The molecule has 10 atom stereocenters. The summed E-state index contributed by atoms with van der Waals surface area (Å²) in [5.74, 6) is 0.222. The first-order valence-corrected chi connectivity index (χ1v) is 17.7. The van der Waals surface area contributed by atoms with Gasteiger partial charge in [0.05, 0.1) is 18.0 Å². The fraction of sp³-hybridized carbons (Fsp3) is 0.963. The predicted octanol–water partition coefficient (Wildman–Crippen LogP) is 4.27. The normalized spacial score (nSPS) is 40.2. The number of rotatable bonds is 9. The smallest absolute Gasteiger partial charge is 0.393 e. The summed E-state index contributed by atoms with van der Waals surface area (Å²) >= 11 is 0. The minimum atomic E-state index is -5.67. The van der Waals surface area contributed by atoms with E-state index < -0.39 is 43.7 Å². The number of aliphatic hydroxyl groups is 1. The van der Waals surface area contributed by atoms with Crippen molar-refractivity contribution in [3.63, 3.8) is 0 Å². The fourth-order valence-corrected chi connectivity index (χ4v) is 10.4. The molecule has 2 unspecified atom stereocenters. The van der Waals surface area contributed by atoms with Crippen LogP contribution in [0.4, 0.5) is 13.2 Å². The molecule has 0 heterocycles. The quantitative estimate of drug-likeness (QED) is 0.194. The van der Waals surface area contributed by atoms with Gasteiger partial charge in [-0.1, -0.05) is 20.8 Å². The molecule has 9 nitrogen and oxygen atoms in total. The molecule has 4 fully saturated rings. The molecule has 0 bridgehead atoms. The van der Waals surface area contributed by atoms with E-state index in [0.717, 1.165) is 25.7 Å². The molecule has 0 aromatic heterocycles. The number of fused-ring (bicyclic) bond motifs is 5. The van der Waals surface area contributed by atoms with E-state index in [-0.39, 0.29) is 72.1 Å². The molecule has 0 aromatic carbocycles. The molecule has 0 radical (unpaired) electrons. The Morgan fingerprint density at radius 3 is 2.29 bits per heavy atom. The Balaban J connectivity index is 1.39. The first kappa shape index (κ1) is 32.9. The predicted molar refractivity (Wildman–Crippen MR) is 144 cm³/mol. The molecule has 4 aliphatic rings. The van der Waals surface area contributed by atoms with Gasteiger partial charge in [-0.15, -0.1) is 0 Å². The van der Waals surface area contributed by atoms with Crippen molar-refractivity contribution in [3.8, 4) is 0 Å². The van der Waals surface area contributed by atoms with Gasteiger partial charge in [-0.3, -0.25) is 13.5 Å². The van der Waals surface area contributed by atoms with E-state index in [1.54, 1.807) is 0 Å². The van der Waals surface area contributed by atoms with Crippen LogP contribution in [0.2, 0.25) is 0 Å². The maximum atomic E-state index is 12.9. The minimum Gasteiger partial charge on any atom is -0.393 e. The Hall–Kier alpha value is -0.960. The average molecular weight is 632 g/mol. The van der Waals surface area contributed by atoms with Gasteiger partial charge in [0.1, 0.15) is 0 Å². The average Bonchev–Trinajstić information content (AvgIpc) is 3.19. The van der Waals surface area contributed by atoms with E-state index in [4.69, 9.17) is 4.55 Å². The van der Waals surface area contributed by atoms with Crippen LogP contribution in [0, 0.1) is 46.3 Å². The van der Waals surface area contributed by atoms with Crippen LogP contribution in [0.3, 0.4) is 0 Å². The number of amides is 1. The van der Waals surface area contributed by atoms with Crippen LogP contribution in [0.1, 0.15) is 85.0 Å². The lowest BCUT2D eigenvalue weighted by Crippen LogP contribution is -2.59. The van der Waals surface area contributed by atoms with E-state index in [0.29, 0.717) is 25.2 Å². The Bertz CT molecular complexity index is 1200. The Kier molecular flexibility index (Phi) is 9.25. The summed E-state index contributed by atoms with van der Waals surface area (Å²) in [6.07, 6.45) is 4.39. The highest BCUT2D eigenvalue weighted by molar-refractivity contribution is 7.87. The number of hydrogen-bond donors (Lipinski definition) is 3. The summed E-state index contributed by atoms with van der Waals surface area (Å²) < 4.78 is 97.1. The highest BCUT2D eigenvalue weighted by Crippen LogP contribution is 2.68. The number of hydrogen-bond acceptors (Lipinski definition) is 7. The molecule has 0 aromatic rings. The lowest BCUT2D eigenvalue weighted by Gasteiger charge is -2.62. The lowest BCUT2D eigenvalue weighted by molar-refractivity contribution is -0.173. The Morgan fingerprint density at radius 1 is 1.02 bits per heavy atom. The zero-order valence-corrected chi connectivity index (χ0v) is 25.5. The van der Waals surface area contributed by atoms with Gasteiger partial charge in [-0.25, -0.2) is 0 Å². The lowest BCUT2D eigenvalue weighted by atomic mass is 9.43. The maximum Gasteiger partial charge on any atom is 0.523 e. The zero-order chi connectivity index (χ0) is 30.6. The number of carbonyl (C=O) groups is 1. The standard InChI is InChI=1S/C27H44F3NO8S2/c1-16(4-7-23(33)31-12-13-40(34,35)36)19-5-6-20-24-21(9-11-26(19,20)3)25(2)10-8-18(14-17(25)15-22(24)32)39-41(37,38)27(28,29)30/h16-22,24,32H,4-15H2,1-3H3,(H,31,33)(H,34,35,36)/t16-,17?,18?,19-,20+,21+,22+,24+,25+,26-/m1/s1. The van der Waals surface area contributed by atoms with Crippen LogP contribution in [0.15, 0.2) is 0 Å². The SMILES string of the molecule is C[C@H](CCC(=O)NCCS(=O)(=O)O)[C@H]1CC[C@H]2[C@@H]3[C@@H](O)CC4CC(OS(=O)(=O)C(F)(F)F)CC[C@]4(C)[C@H]3CC[C@]12C. The van der Waals surface area contributed by atoms with Gasteiger partial charge in [-0.2, -0.15) is 30.0 Å². The molecule has 4 aliphatic carbocycles. The molecule has 0 spiro atoms. The summed E-state index contributed by atoms with van der Waals surface area (Å²) in [6.45, 7) is 6.46. The van der Waals surface area contributed by atoms with E-state index >= 15 is 0 Å². The highest BCUT2D eigenvalue weighted by Gasteiger charge is 2.63. The van der Waals surface area contributed by atoms with Gasteiger partial charge in [-0.05, 0) is 104 Å². The van der Waals surface area contributed by atoms with Crippen molar-refractivity contribution in [1.82, 2.24) is 5.32 Å². The van der Waals surface area contributed by atoms with Crippen LogP contribution in [-0.2, 0) is 29.2 Å². The molecule has 0 saturated heterocycles. The molecular formula is C27H44F3NO8S2. The van der Waals surface area contributed by atoms with Gasteiger partial charge in [0, 0.05) is 13.0 Å². The molecule has 41 heavy (non-hydrogen) atoms. The molecule has 14 heteroatoms. The molecule has 3 N–H and O–H groups in total. The van der Waals surface area contributed by atoms with Crippen molar-refractivity contribution in [1.29, 1.82) is 0 Å². The van der Waals surface area contributed by atoms with Crippen molar-refractivity contribution in [2.75, 3.05) is 12.3 Å². The van der Waals surface area contributed by atoms with E-state index in [2.05, 4.69) is 30.3 Å². The summed E-state index contributed by atoms with van der Waals surface area (Å²) in [7, 11) is -9.80. The third-order valence-corrected chi connectivity index (χ3v) is 13.3. The fourth-order valence-electron chi connectivity index (χ4n) is 9.45. The van der Waals surface area contributed by atoms with E-state index in [1.165, 1.54) is 0 Å². The number of aliphatic hydroxyl groups excluding tert-OH is 1. The Labute approximate surface area is 241 Å². The van der Waals surface area contributed by atoms with Crippen molar-refractivity contribution in [3.05, 3.63) is 0 Å². The van der Waals surface area contributed by atoms with Crippen molar-refractivity contribution in [2.45, 2.75) is 103 Å². The summed E-state index contributed by atoms with van der Waals surface area (Å²) in [4.78, 5) is 12.2. The molecule has 238 valence electrons. The van der Waals surface area contributed by atoms with Gasteiger partial charge in [0.15, 0.2) is 0 Å². The van der Waals surface area contributed by atoms with Crippen LogP contribution in [0.25, 0.3) is 0 Å². The van der Waals surface area contributed by atoms with Crippen molar-refractivity contribution >= 4 is 26.1 Å². The Morgan fingerprint density at radius 2 is 1.66 bits per heavy atom. The third kappa shape index (κ3) is 6.61. The van der Waals surface area contributed by atoms with Gasteiger partial charge >= 0.3 is 15.6 Å². The summed E-state index contributed by atoms with van der Waals surface area (Å²) in [6, 6.07) is 0. The minimum absolute atomic E-state index is 0.0205. The molecular weight excluding hydrogens is 587 g/mol. The largest absolute Gasteiger partial charge is 0.523 e. The second-order valence-corrected chi connectivity index (χ2v) is 16.7. The number of halogens is 3. The molecule has 4 saturated carbocycles. The third-order valence-electron chi connectivity index (χ3n) is 11.5. The van der Waals surface area contributed by atoms with Gasteiger partial charge in [0.25, 0.3) is 10.1 Å². The topological polar surface area (TPSA) is 147 Å². The van der Waals surface area contributed by atoms with Crippen LogP contribution >= 0.6 is 0 Å². The molecule has 1 amide bonds. The monoisotopic (exact) mass is 631 g/mol. The summed E-state index contributed by atoms with van der Waals surface area (Å²) in [5, 5.41) is 14.0. The number of alkyl halides is 3. The first-order valence-electron chi connectivity index (χ1n) is 14.7. The second kappa shape index (κ2) is 11.5. The van der Waals surface area contributed by atoms with Crippen LogP contribution in [0.5, 0.6) is 0 Å².